The lowest BCUT2D eigenvalue weighted by Crippen LogP contribution is -2.43. The molecule has 2 aliphatic heterocycles. The third kappa shape index (κ3) is 4.84. The average Bonchev–Trinajstić information content (AvgIpc) is 3.12. The first kappa shape index (κ1) is 24.0. The number of hydrogen-bond acceptors (Lipinski definition) is 4. The predicted molar refractivity (Wildman–Crippen MR) is 139 cm³/mol. The van der Waals surface area contributed by atoms with Crippen LogP contribution in [0.3, 0.4) is 0 Å². The summed E-state index contributed by atoms with van der Waals surface area (Å²) in [5.74, 6) is -0.794. The standard InChI is InChI=1S/C29H32N4O3/c1-29(25-14-13-21-9-3-4-10-22(21)17-25)27(35)33(28(36)31-29)20-26(34)30-18-23-11-5-6-12-24(23)19-32-15-7-2-8-16-32/h3-6,9-14,17H,2,7-8,15-16,18-20H2,1H3,(H,30,34)(H,31,36)/t29-/m0/s1. The molecule has 2 aliphatic rings. The van der Waals surface area contributed by atoms with Crippen molar-refractivity contribution in [1.29, 1.82) is 0 Å². The van der Waals surface area contributed by atoms with Gasteiger partial charge in [0.15, 0.2) is 0 Å². The van der Waals surface area contributed by atoms with Crippen molar-refractivity contribution >= 4 is 28.6 Å². The Bertz CT molecular complexity index is 1300. The number of rotatable bonds is 7. The second-order valence-electron chi connectivity index (χ2n) is 9.89. The lowest BCUT2D eigenvalue weighted by atomic mass is 9.90. The maximum Gasteiger partial charge on any atom is 0.325 e. The predicted octanol–water partition coefficient (Wildman–Crippen LogP) is 3.91. The summed E-state index contributed by atoms with van der Waals surface area (Å²) in [6.45, 7) is 4.79. The second kappa shape index (κ2) is 10.1. The fourth-order valence-corrected chi connectivity index (χ4v) is 5.17. The summed E-state index contributed by atoms with van der Waals surface area (Å²) in [7, 11) is 0. The SMILES string of the molecule is C[C@@]1(c2ccc3ccccc3c2)NC(=O)N(CC(=O)NCc2ccccc2CN2CCCCC2)C1=O. The summed E-state index contributed by atoms with van der Waals surface area (Å²) < 4.78 is 0. The van der Waals surface area contributed by atoms with E-state index in [9.17, 15) is 14.4 Å². The van der Waals surface area contributed by atoms with Crippen molar-refractivity contribution in [2.24, 2.45) is 0 Å². The van der Waals surface area contributed by atoms with Crippen LogP contribution in [0.4, 0.5) is 4.79 Å². The Hall–Kier alpha value is -3.71. The minimum atomic E-state index is -1.22. The summed E-state index contributed by atoms with van der Waals surface area (Å²) in [6, 6.07) is 21.1. The number of benzene rings is 3. The molecule has 4 amide bonds. The molecule has 0 spiro atoms. The molecule has 7 heteroatoms. The van der Waals surface area contributed by atoms with Crippen LogP contribution in [0, 0.1) is 0 Å². The van der Waals surface area contributed by atoms with Crippen molar-refractivity contribution in [3.05, 3.63) is 83.4 Å². The van der Waals surface area contributed by atoms with Gasteiger partial charge in [-0.15, -0.1) is 0 Å². The van der Waals surface area contributed by atoms with E-state index in [0.717, 1.165) is 40.9 Å². The summed E-state index contributed by atoms with van der Waals surface area (Å²) >= 11 is 0. The van der Waals surface area contributed by atoms with Gasteiger partial charge in [0.05, 0.1) is 0 Å². The molecule has 3 aromatic carbocycles. The van der Waals surface area contributed by atoms with E-state index < -0.39 is 17.5 Å². The minimum absolute atomic E-state index is 0.317. The Morgan fingerprint density at radius 2 is 1.61 bits per heavy atom. The molecule has 1 atom stereocenters. The fourth-order valence-electron chi connectivity index (χ4n) is 5.17. The summed E-state index contributed by atoms with van der Waals surface area (Å²) in [4.78, 5) is 42.3. The highest BCUT2D eigenvalue weighted by Crippen LogP contribution is 2.31. The first-order chi connectivity index (χ1) is 17.4. The number of carbonyl (C=O) groups is 3. The number of likely N-dealkylation sites (tertiary alicyclic amines) is 1. The lowest BCUT2D eigenvalue weighted by Gasteiger charge is -2.27. The van der Waals surface area contributed by atoms with Crippen molar-refractivity contribution in [1.82, 2.24) is 20.4 Å². The molecule has 36 heavy (non-hydrogen) atoms. The summed E-state index contributed by atoms with van der Waals surface area (Å²) in [5, 5.41) is 7.74. The highest BCUT2D eigenvalue weighted by atomic mass is 16.2. The maximum atomic E-state index is 13.3. The highest BCUT2D eigenvalue weighted by Gasteiger charge is 2.49. The molecule has 186 valence electrons. The molecule has 2 N–H and O–H groups in total. The van der Waals surface area contributed by atoms with E-state index in [1.54, 1.807) is 6.92 Å². The second-order valence-corrected chi connectivity index (χ2v) is 9.89. The van der Waals surface area contributed by atoms with Crippen molar-refractivity contribution in [2.75, 3.05) is 19.6 Å². The zero-order chi connectivity index (χ0) is 25.1. The molecule has 7 nitrogen and oxygen atoms in total. The first-order valence-electron chi connectivity index (χ1n) is 12.6. The molecule has 0 aromatic heterocycles. The van der Waals surface area contributed by atoms with Gasteiger partial charge in [-0.1, -0.05) is 67.1 Å². The van der Waals surface area contributed by atoms with Crippen molar-refractivity contribution < 1.29 is 14.4 Å². The summed E-state index contributed by atoms with van der Waals surface area (Å²) in [5.41, 5.74) is 1.71. The van der Waals surface area contributed by atoms with E-state index in [4.69, 9.17) is 0 Å². The number of nitrogens with zero attached hydrogens (tertiary/aromatic N) is 2. The van der Waals surface area contributed by atoms with Gasteiger partial charge in [0, 0.05) is 13.1 Å². The molecular formula is C29H32N4O3. The molecule has 0 aliphatic carbocycles. The molecule has 0 unspecified atom stereocenters. The Labute approximate surface area is 211 Å². The normalized spacial score (nSPS) is 20.5. The molecule has 2 heterocycles. The van der Waals surface area contributed by atoms with E-state index in [1.807, 2.05) is 60.7 Å². The van der Waals surface area contributed by atoms with Crippen LogP contribution in [-0.4, -0.2) is 47.3 Å². The number of piperidine rings is 1. The van der Waals surface area contributed by atoms with E-state index in [1.165, 1.54) is 24.8 Å². The monoisotopic (exact) mass is 484 g/mol. The van der Waals surface area contributed by atoms with Crippen LogP contribution in [0.5, 0.6) is 0 Å². The van der Waals surface area contributed by atoms with Crippen molar-refractivity contribution in [3.63, 3.8) is 0 Å². The van der Waals surface area contributed by atoms with Crippen LogP contribution in [-0.2, 0) is 28.2 Å². The van der Waals surface area contributed by atoms with Gasteiger partial charge in [-0.2, -0.15) is 0 Å². The van der Waals surface area contributed by atoms with Gasteiger partial charge >= 0.3 is 6.03 Å². The van der Waals surface area contributed by atoms with Gasteiger partial charge in [-0.3, -0.25) is 19.4 Å². The van der Waals surface area contributed by atoms with Crippen LogP contribution in [0.2, 0.25) is 0 Å². The number of nitrogens with one attached hydrogen (secondary N) is 2. The lowest BCUT2D eigenvalue weighted by molar-refractivity contribution is -0.134. The Kier molecular flexibility index (Phi) is 6.74. The smallest absolute Gasteiger partial charge is 0.325 e. The van der Waals surface area contributed by atoms with Crippen molar-refractivity contribution in [3.8, 4) is 0 Å². The summed E-state index contributed by atoms with van der Waals surface area (Å²) in [6.07, 6.45) is 3.74. The zero-order valence-corrected chi connectivity index (χ0v) is 20.6. The zero-order valence-electron chi connectivity index (χ0n) is 20.6. The van der Waals surface area contributed by atoms with Crippen LogP contribution in [0.1, 0.15) is 42.9 Å². The van der Waals surface area contributed by atoms with Gasteiger partial charge in [0.25, 0.3) is 5.91 Å². The topological polar surface area (TPSA) is 81.8 Å². The van der Waals surface area contributed by atoms with Crippen molar-refractivity contribution in [2.45, 2.75) is 44.8 Å². The fraction of sp³-hybridized carbons (Fsp3) is 0.345. The number of carbonyl (C=O) groups excluding carboxylic acids is 3. The number of amides is 4. The quantitative estimate of drug-likeness (QED) is 0.498. The Balaban J connectivity index is 1.23. The van der Waals surface area contributed by atoms with Gasteiger partial charge in [-0.25, -0.2) is 4.79 Å². The Morgan fingerprint density at radius 3 is 2.39 bits per heavy atom. The van der Waals surface area contributed by atoms with E-state index in [2.05, 4.69) is 21.6 Å². The van der Waals surface area contributed by atoms with Crippen LogP contribution >= 0.6 is 0 Å². The molecule has 2 saturated heterocycles. The average molecular weight is 485 g/mol. The number of hydrogen-bond donors (Lipinski definition) is 2. The van der Waals surface area contributed by atoms with Gasteiger partial charge in [0.2, 0.25) is 5.91 Å². The first-order valence-corrected chi connectivity index (χ1v) is 12.6. The van der Waals surface area contributed by atoms with Crippen LogP contribution in [0.15, 0.2) is 66.7 Å². The van der Waals surface area contributed by atoms with Crippen LogP contribution < -0.4 is 10.6 Å². The van der Waals surface area contributed by atoms with Gasteiger partial charge < -0.3 is 10.6 Å². The maximum absolute atomic E-state index is 13.3. The molecular weight excluding hydrogens is 452 g/mol. The molecule has 0 radical (unpaired) electrons. The molecule has 3 aromatic rings. The molecule has 5 rings (SSSR count). The third-order valence-electron chi connectivity index (χ3n) is 7.34. The third-order valence-corrected chi connectivity index (χ3v) is 7.34. The highest BCUT2D eigenvalue weighted by molar-refractivity contribution is 6.09. The minimum Gasteiger partial charge on any atom is -0.350 e. The largest absolute Gasteiger partial charge is 0.350 e. The van der Waals surface area contributed by atoms with E-state index >= 15 is 0 Å². The molecule has 0 saturated carbocycles. The number of imide groups is 1. The molecule has 2 fully saturated rings. The van der Waals surface area contributed by atoms with Gasteiger partial charge in [-0.05, 0) is 66.4 Å². The van der Waals surface area contributed by atoms with E-state index in [0.29, 0.717) is 12.1 Å². The van der Waals surface area contributed by atoms with Crippen LogP contribution in [0.25, 0.3) is 10.8 Å². The number of fused-ring (bicyclic) bond motifs is 1. The molecule has 0 bridgehead atoms. The van der Waals surface area contributed by atoms with Gasteiger partial charge in [0.1, 0.15) is 12.1 Å². The van der Waals surface area contributed by atoms with E-state index in [-0.39, 0.29) is 12.5 Å². The Morgan fingerprint density at radius 1 is 0.917 bits per heavy atom. The number of urea groups is 1.